The molecule has 1 amide bonds. The number of anilines is 2. The van der Waals surface area contributed by atoms with E-state index in [2.05, 4.69) is 26.5 Å². The Morgan fingerprint density at radius 2 is 2.29 bits per heavy atom. The number of nitrogen functional groups attached to an aromatic ring is 1. The van der Waals surface area contributed by atoms with E-state index in [0.29, 0.717) is 5.69 Å². The predicted molar refractivity (Wildman–Crippen MR) is 57.5 cm³/mol. The number of hydrogen-bond acceptors (Lipinski definition) is 5. The van der Waals surface area contributed by atoms with Crippen molar-refractivity contribution < 1.29 is 37.5 Å². The van der Waals surface area contributed by atoms with Crippen LogP contribution in [-0.2, 0) is 32.7 Å². The smallest absolute Gasteiger partial charge is 0.194 e. The number of nitrogens with two attached hydrogens (primary N) is 1. The molecule has 0 bridgehead atoms. The summed E-state index contributed by atoms with van der Waals surface area (Å²) in [6, 6.07) is 3.42. The number of nitrogens with one attached hydrogen (secondary N) is 1. The van der Waals surface area contributed by atoms with Crippen LogP contribution < -0.4 is 11.1 Å². The van der Waals surface area contributed by atoms with E-state index in [4.69, 9.17) is 5.73 Å². The third-order valence-corrected chi connectivity index (χ3v) is 1.81. The molecule has 2 aromatic rings. The third-order valence-electron chi connectivity index (χ3n) is 1.81. The van der Waals surface area contributed by atoms with Crippen LogP contribution in [-0.4, -0.2) is 20.9 Å². The average molecular weight is 303 g/mol. The van der Waals surface area contributed by atoms with E-state index in [1.807, 2.05) is 0 Å². The quantitative estimate of drug-likeness (QED) is 0.788. The zero-order chi connectivity index (χ0) is 11.4. The minimum atomic E-state index is -0.435. The van der Waals surface area contributed by atoms with Gasteiger partial charge in [0.2, 0.25) is 0 Å². The second-order valence-electron chi connectivity index (χ2n) is 2.93. The predicted octanol–water partition coefficient (Wildman–Crippen LogP) is 0.504. The molecule has 83 valence electrons. The summed E-state index contributed by atoms with van der Waals surface area (Å²) in [5, 5.41) is 2.60. The first-order valence-electron chi connectivity index (χ1n) is 4.47. The molecule has 0 aromatic carbocycles. The number of hydrogen-bond donors (Lipinski definition) is 2. The number of amides is 1. The van der Waals surface area contributed by atoms with Gasteiger partial charge in [0.1, 0.15) is 0 Å². The molecule has 0 aliphatic carbocycles. The summed E-state index contributed by atoms with van der Waals surface area (Å²) < 4.78 is 0. The van der Waals surface area contributed by atoms with Crippen molar-refractivity contribution >= 4 is 17.4 Å². The van der Waals surface area contributed by atoms with Gasteiger partial charge < -0.3 is 16.0 Å². The van der Waals surface area contributed by atoms with E-state index < -0.39 is 5.91 Å². The molecule has 2 aromatic heterocycles. The van der Waals surface area contributed by atoms with E-state index in [9.17, 15) is 4.79 Å². The van der Waals surface area contributed by atoms with Crippen molar-refractivity contribution in [3.63, 3.8) is 0 Å². The number of nitrogens with zero attached hydrogens (tertiary/aromatic N) is 3. The Hall–Kier alpha value is -1.40. The molecule has 2 rings (SSSR count). The molecule has 0 aliphatic heterocycles. The average Bonchev–Trinajstić information content (AvgIpc) is 2.31. The Labute approximate surface area is 123 Å². The van der Waals surface area contributed by atoms with Crippen molar-refractivity contribution in [1.29, 1.82) is 0 Å². The van der Waals surface area contributed by atoms with Crippen LogP contribution >= 0.6 is 0 Å². The monoisotopic (exact) mass is 303 g/mol. The molecule has 17 heavy (non-hydrogen) atoms. The maximum absolute atomic E-state index is 11.7. The van der Waals surface area contributed by atoms with Gasteiger partial charge >= 0.3 is 0 Å². The zero-order valence-electron chi connectivity index (χ0n) is 8.79. The summed E-state index contributed by atoms with van der Waals surface area (Å²) in [4.78, 5) is 23.0. The SMILES string of the molecule is Nc1nc[c-]nc1C(=O)Nc1cccnc1.[Y]. The van der Waals surface area contributed by atoms with Crippen LogP contribution in [0.3, 0.4) is 0 Å². The summed E-state index contributed by atoms with van der Waals surface area (Å²) in [7, 11) is 0. The summed E-state index contributed by atoms with van der Waals surface area (Å²) >= 11 is 0. The van der Waals surface area contributed by atoms with Gasteiger partial charge in [-0.1, -0.05) is 0 Å². The number of pyridine rings is 1. The van der Waals surface area contributed by atoms with Gasteiger partial charge in [-0.05, 0) is 18.3 Å². The second kappa shape index (κ2) is 6.37. The second-order valence-corrected chi connectivity index (χ2v) is 2.93. The Balaban J connectivity index is 0.00000144. The zero-order valence-corrected chi connectivity index (χ0v) is 11.6. The first-order chi connectivity index (χ1) is 7.77. The Morgan fingerprint density at radius 3 is 2.94 bits per heavy atom. The molecule has 0 saturated carbocycles. The largest absolute Gasteiger partial charge is 0.443 e. The van der Waals surface area contributed by atoms with E-state index in [1.54, 1.807) is 18.3 Å². The van der Waals surface area contributed by atoms with Gasteiger partial charge in [-0.2, -0.15) is 0 Å². The molecular weight excluding hydrogens is 295 g/mol. The van der Waals surface area contributed by atoms with Crippen LogP contribution in [0.2, 0.25) is 0 Å². The first kappa shape index (κ1) is 13.7. The van der Waals surface area contributed by atoms with Gasteiger partial charge in [-0.15, -0.1) is 6.20 Å². The molecule has 2 heterocycles. The molecule has 3 N–H and O–H groups in total. The van der Waals surface area contributed by atoms with Crippen LogP contribution in [0, 0.1) is 6.20 Å². The van der Waals surface area contributed by atoms with Crippen molar-refractivity contribution in [2.45, 2.75) is 0 Å². The molecule has 1 radical (unpaired) electrons. The normalized spacial score (nSPS) is 9.18. The van der Waals surface area contributed by atoms with Crippen LogP contribution in [0.1, 0.15) is 10.5 Å². The van der Waals surface area contributed by atoms with Gasteiger partial charge in [-0.25, -0.2) is 0 Å². The minimum absolute atomic E-state index is 0. The molecule has 0 aliphatic rings. The van der Waals surface area contributed by atoms with Crippen molar-refractivity contribution in [2.75, 3.05) is 11.1 Å². The molecule has 0 unspecified atom stereocenters. The Kier molecular flexibility index (Phi) is 5.12. The fraction of sp³-hybridized carbons (Fsp3) is 0. The van der Waals surface area contributed by atoms with Gasteiger partial charge in [0.05, 0.1) is 17.7 Å². The minimum Gasteiger partial charge on any atom is -0.443 e. The summed E-state index contributed by atoms with van der Waals surface area (Å²) in [6.07, 6.45) is 6.89. The number of carbonyl (C=O) groups is 1. The van der Waals surface area contributed by atoms with E-state index in [0.717, 1.165) is 0 Å². The fourth-order valence-electron chi connectivity index (χ4n) is 1.10. The van der Waals surface area contributed by atoms with Crippen molar-refractivity contribution in [3.8, 4) is 0 Å². The van der Waals surface area contributed by atoms with Gasteiger partial charge in [0.25, 0.3) is 0 Å². The Morgan fingerprint density at radius 1 is 1.47 bits per heavy atom. The number of carbonyl (C=O) groups excluding carboxylic acids is 1. The topological polar surface area (TPSA) is 93.8 Å². The molecule has 7 heteroatoms. The fourth-order valence-corrected chi connectivity index (χ4v) is 1.10. The maximum Gasteiger partial charge on any atom is 0.194 e. The maximum atomic E-state index is 11.7. The molecule has 6 nitrogen and oxygen atoms in total. The van der Waals surface area contributed by atoms with Crippen molar-refractivity contribution in [1.82, 2.24) is 15.0 Å². The molecule has 0 spiro atoms. The molecule has 0 atom stereocenters. The third kappa shape index (κ3) is 3.54. The summed E-state index contributed by atoms with van der Waals surface area (Å²) in [5.41, 5.74) is 6.12. The number of rotatable bonds is 2. The van der Waals surface area contributed by atoms with Crippen LogP contribution in [0.5, 0.6) is 0 Å². The van der Waals surface area contributed by atoms with Gasteiger partial charge in [0, 0.05) is 44.6 Å². The molecule has 0 saturated heterocycles. The van der Waals surface area contributed by atoms with Crippen LogP contribution in [0.25, 0.3) is 0 Å². The van der Waals surface area contributed by atoms with Crippen LogP contribution in [0.15, 0.2) is 30.7 Å². The first-order valence-corrected chi connectivity index (χ1v) is 4.47. The summed E-state index contributed by atoms with van der Waals surface area (Å²) in [6.45, 7) is 0. The van der Waals surface area contributed by atoms with Crippen LogP contribution in [0.4, 0.5) is 11.5 Å². The van der Waals surface area contributed by atoms with Crippen molar-refractivity contribution in [3.05, 3.63) is 42.6 Å². The van der Waals surface area contributed by atoms with Crippen molar-refractivity contribution in [2.24, 2.45) is 0 Å². The van der Waals surface area contributed by atoms with E-state index in [1.165, 1.54) is 12.4 Å². The number of aromatic nitrogens is 3. The molecular formula is C10H8N5OY-. The standard InChI is InChI=1S/C10H8N5O.Y/c11-9-8(13-4-5-14-9)10(16)15-7-2-1-3-12-6-7;/h1-3,5-6H,(H2,11,14)(H,15,16);/q-1;. The Bertz CT molecular complexity index is 505. The molecule has 0 fully saturated rings. The van der Waals surface area contributed by atoms with E-state index in [-0.39, 0.29) is 44.2 Å². The van der Waals surface area contributed by atoms with Gasteiger partial charge in [0.15, 0.2) is 5.91 Å². The summed E-state index contributed by atoms with van der Waals surface area (Å²) in [5.74, 6) is -0.366. The van der Waals surface area contributed by atoms with E-state index >= 15 is 0 Å². The van der Waals surface area contributed by atoms with Gasteiger partial charge in [-0.3, -0.25) is 14.8 Å².